The second-order valence-electron chi connectivity index (χ2n) is 5.51. The van der Waals surface area contributed by atoms with Crippen LogP contribution in [0.25, 0.3) is 0 Å². The number of unbranched alkanes of at least 4 members (excludes halogenated alkanes) is 1. The van der Waals surface area contributed by atoms with Gasteiger partial charge >= 0.3 is 5.97 Å². The number of carbonyl (C=O) groups excluding carboxylic acids is 1. The fourth-order valence-electron chi connectivity index (χ4n) is 2.01. The number of carbonyl (C=O) groups is 1. The molecule has 0 radical (unpaired) electrons. The second kappa shape index (κ2) is 9.03. The van der Waals surface area contributed by atoms with E-state index in [2.05, 4.69) is 17.6 Å². The number of aryl methyl sites for hydroxylation is 1. The van der Waals surface area contributed by atoms with Gasteiger partial charge in [0.05, 0.1) is 12.2 Å². The molecular formula is C19H22N2O2S. The van der Waals surface area contributed by atoms with E-state index in [0.717, 1.165) is 24.2 Å². The number of hydrogen-bond donors (Lipinski definition) is 2. The molecule has 5 heteroatoms. The van der Waals surface area contributed by atoms with Gasteiger partial charge in [-0.15, -0.1) is 0 Å². The zero-order valence-corrected chi connectivity index (χ0v) is 14.8. The van der Waals surface area contributed by atoms with Crippen molar-refractivity contribution in [1.82, 2.24) is 0 Å². The van der Waals surface area contributed by atoms with Crippen LogP contribution >= 0.6 is 12.2 Å². The minimum atomic E-state index is -0.296. The van der Waals surface area contributed by atoms with Gasteiger partial charge in [-0.2, -0.15) is 0 Å². The van der Waals surface area contributed by atoms with E-state index >= 15 is 0 Å². The molecule has 0 atom stereocenters. The summed E-state index contributed by atoms with van der Waals surface area (Å²) in [7, 11) is 0. The molecule has 0 amide bonds. The Kier molecular flexibility index (Phi) is 6.75. The van der Waals surface area contributed by atoms with Gasteiger partial charge in [-0.3, -0.25) is 0 Å². The van der Waals surface area contributed by atoms with Crippen molar-refractivity contribution in [3.8, 4) is 0 Å². The van der Waals surface area contributed by atoms with Crippen molar-refractivity contribution in [3.63, 3.8) is 0 Å². The number of nitrogens with one attached hydrogen (secondary N) is 2. The van der Waals surface area contributed by atoms with Gasteiger partial charge in [0.1, 0.15) is 0 Å². The minimum absolute atomic E-state index is 0.296. The van der Waals surface area contributed by atoms with Gasteiger partial charge in [0.15, 0.2) is 5.11 Å². The van der Waals surface area contributed by atoms with Crippen molar-refractivity contribution in [3.05, 3.63) is 59.7 Å². The summed E-state index contributed by atoms with van der Waals surface area (Å²) in [6, 6.07) is 15.0. The molecule has 2 N–H and O–H groups in total. The zero-order valence-electron chi connectivity index (χ0n) is 14.0. The molecule has 0 bridgehead atoms. The standard InChI is InChI=1S/C19H22N2O2S/c1-3-4-13-23-18(22)15-7-11-17(12-8-15)21-19(24)20-16-9-5-14(2)6-10-16/h5-12H,3-4,13H2,1-2H3,(H2,20,21,24). The average molecular weight is 342 g/mol. The number of anilines is 2. The van der Waals surface area contributed by atoms with Crippen molar-refractivity contribution in [1.29, 1.82) is 0 Å². The summed E-state index contributed by atoms with van der Waals surface area (Å²) in [5.74, 6) is -0.296. The van der Waals surface area contributed by atoms with E-state index in [-0.39, 0.29) is 5.97 Å². The summed E-state index contributed by atoms with van der Waals surface area (Å²) in [5, 5.41) is 6.71. The van der Waals surface area contributed by atoms with Crippen LogP contribution < -0.4 is 10.6 Å². The van der Waals surface area contributed by atoms with Crippen LogP contribution in [0, 0.1) is 6.92 Å². The van der Waals surface area contributed by atoms with Gasteiger partial charge < -0.3 is 15.4 Å². The lowest BCUT2D eigenvalue weighted by Crippen LogP contribution is -2.19. The molecule has 0 fully saturated rings. The van der Waals surface area contributed by atoms with E-state index < -0.39 is 0 Å². The van der Waals surface area contributed by atoms with E-state index in [1.165, 1.54) is 5.56 Å². The average Bonchev–Trinajstić information content (AvgIpc) is 2.58. The molecule has 0 aliphatic heterocycles. The van der Waals surface area contributed by atoms with E-state index in [0.29, 0.717) is 17.3 Å². The Bertz CT molecular complexity index is 682. The molecule has 2 rings (SSSR count). The predicted octanol–water partition coefficient (Wildman–Crippen LogP) is 4.76. The highest BCUT2D eigenvalue weighted by molar-refractivity contribution is 7.80. The Hall–Kier alpha value is -2.40. The molecule has 0 saturated carbocycles. The minimum Gasteiger partial charge on any atom is -0.462 e. The highest BCUT2D eigenvalue weighted by Crippen LogP contribution is 2.13. The van der Waals surface area contributed by atoms with Gasteiger partial charge in [-0.25, -0.2) is 4.79 Å². The van der Waals surface area contributed by atoms with Crippen LogP contribution in [0.2, 0.25) is 0 Å². The Morgan fingerprint density at radius 1 is 1.00 bits per heavy atom. The summed E-state index contributed by atoms with van der Waals surface area (Å²) in [6.45, 7) is 4.55. The summed E-state index contributed by atoms with van der Waals surface area (Å²) in [5.41, 5.74) is 3.47. The number of rotatable bonds is 6. The molecule has 0 aliphatic rings. The van der Waals surface area contributed by atoms with E-state index in [4.69, 9.17) is 17.0 Å². The van der Waals surface area contributed by atoms with Crippen molar-refractivity contribution >= 4 is 34.7 Å². The van der Waals surface area contributed by atoms with Crippen molar-refractivity contribution in [2.45, 2.75) is 26.7 Å². The maximum atomic E-state index is 11.8. The molecule has 0 spiro atoms. The van der Waals surface area contributed by atoms with Gasteiger partial charge in [0.25, 0.3) is 0 Å². The maximum Gasteiger partial charge on any atom is 0.338 e. The van der Waals surface area contributed by atoms with Gasteiger partial charge in [-0.05, 0) is 62.0 Å². The van der Waals surface area contributed by atoms with Crippen LogP contribution in [0.3, 0.4) is 0 Å². The van der Waals surface area contributed by atoms with Gasteiger partial charge in [0.2, 0.25) is 0 Å². The van der Waals surface area contributed by atoms with Crippen molar-refractivity contribution in [2.24, 2.45) is 0 Å². The predicted molar refractivity (Wildman–Crippen MR) is 103 cm³/mol. The number of esters is 1. The Morgan fingerprint density at radius 3 is 2.08 bits per heavy atom. The van der Waals surface area contributed by atoms with Crippen LogP contribution in [0.4, 0.5) is 11.4 Å². The molecule has 126 valence electrons. The van der Waals surface area contributed by atoms with Crippen molar-refractivity contribution in [2.75, 3.05) is 17.2 Å². The zero-order chi connectivity index (χ0) is 17.4. The molecular weight excluding hydrogens is 320 g/mol. The lowest BCUT2D eigenvalue weighted by Gasteiger charge is -2.11. The number of ether oxygens (including phenoxy) is 1. The van der Waals surface area contributed by atoms with Crippen LogP contribution in [0.5, 0.6) is 0 Å². The SMILES string of the molecule is CCCCOC(=O)c1ccc(NC(=S)Nc2ccc(C)cc2)cc1. The Morgan fingerprint density at radius 2 is 1.54 bits per heavy atom. The highest BCUT2D eigenvalue weighted by Gasteiger charge is 2.07. The van der Waals surface area contributed by atoms with Crippen LogP contribution in [0.1, 0.15) is 35.7 Å². The van der Waals surface area contributed by atoms with Gasteiger partial charge in [0, 0.05) is 11.4 Å². The first kappa shape index (κ1) is 17.9. The van der Waals surface area contributed by atoms with Crippen LogP contribution in [0.15, 0.2) is 48.5 Å². The monoisotopic (exact) mass is 342 g/mol. The van der Waals surface area contributed by atoms with Crippen LogP contribution in [-0.2, 0) is 4.74 Å². The van der Waals surface area contributed by atoms with Gasteiger partial charge in [-0.1, -0.05) is 31.0 Å². The third kappa shape index (κ3) is 5.66. The quantitative estimate of drug-likeness (QED) is 0.450. The maximum absolute atomic E-state index is 11.8. The van der Waals surface area contributed by atoms with Crippen LogP contribution in [-0.4, -0.2) is 17.7 Å². The topological polar surface area (TPSA) is 50.4 Å². The molecule has 0 unspecified atom stereocenters. The molecule has 0 aromatic heterocycles. The van der Waals surface area contributed by atoms with E-state index in [1.54, 1.807) is 24.3 Å². The summed E-state index contributed by atoms with van der Waals surface area (Å²) < 4.78 is 5.18. The second-order valence-corrected chi connectivity index (χ2v) is 5.92. The number of hydrogen-bond acceptors (Lipinski definition) is 3. The molecule has 0 aliphatic carbocycles. The third-order valence-electron chi connectivity index (χ3n) is 3.42. The molecule has 2 aromatic carbocycles. The fourth-order valence-corrected chi connectivity index (χ4v) is 2.25. The third-order valence-corrected chi connectivity index (χ3v) is 3.62. The highest BCUT2D eigenvalue weighted by atomic mass is 32.1. The molecule has 2 aromatic rings. The fraction of sp³-hybridized carbons (Fsp3) is 0.263. The Balaban J connectivity index is 1.87. The smallest absolute Gasteiger partial charge is 0.338 e. The van der Waals surface area contributed by atoms with E-state index in [9.17, 15) is 4.79 Å². The first-order chi connectivity index (χ1) is 11.6. The first-order valence-corrected chi connectivity index (χ1v) is 8.41. The first-order valence-electron chi connectivity index (χ1n) is 8.00. The molecule has 24 heavy (non-hydrogen) atoms. The number of benzene rings is 2. The summed E-state index contributed by atoms with van der Waals surface area (Å²) in [6.07, 6.45) is 1.88. The Labute approximate surface area is 148 Å². The lowest BCUT2D eigenvalue weighted by atomic mass is 10.2. The molecule has 0 heterocycles. The van der Waals surface area contributed by atoms with Crippen molar-refractivity contribution < 1.29 is 9.53 Å². The van der Waals surface area contributed by atoms with E-state index in [1.807, 2.05) is 31.2 Å². The number of thiocarbonyl (C=S) groups is 1. The molecule has 0 saturated heterocycles. The normalized spacial score (nSPS) is 10.1. The molecule has 4 nitrogen and oxygen atoms in total. The summed E-state index contributed by atoms with van der Waals surface area (Å²) in [4.78, 5) is 11.8. The summed E-state index contributed by atoms with van der Waals surface area (Å²) >= 11 is 5.29. The lowest BCUT2D eigenvalue weighted by molar-refractivity contribution is 0.0500. The largest absolute Gasteiger partial charge is 0.462 e.